The Labute approximate surface area is 165 Å². The normalized spacial score (nSPS) is 20.8. The van der Waals surface area contributed by atoms with Gasteiger partial charge in [0.15, 0.2) is 5.78 Å². The summed E-state index contributed by atoms with van der Waals surface area (Å²) < 4.78 is 4.35. The van der Waals surface area contributed by atoms with Crippen LogP contribution < -0.4 is 10.6 Å². The summed E-state index contributed by atoms with van der Waals surface area (Å²) in [4.78, 5) is 22.2. The largest absolute Gasteiger partial charge is 0.318 e. The second-order valence-corrected chi connectivity index (χ2v) is 8.29. The molecule has 0 bridgehead atoms. The van der Waals surface area contributed by atoms with Crippen LogP contribution in [0.15, 0.2) is 16.1 Å². The zero-order chi connectivity index (χ0) is 19.4. The standard InChI is InChI=1S/C23H17N5O/c1-11-3-2-4-13-18-14-7-25-8-15(14)19-20-16(5-12(24)6-17(20)29)27-9-26-10-28(21(11)13)22(18)23(19)27/h2,4-5,7-8,10-11,24H,3,6,9H2,1H3. The van der Waals surface area contributed by atoms with Crippen molar-refractivity contribution in [2.75, 3.05) is 0 Å². The van der Waals surface area contributed by atoms with E-state index in [0.717, 1.165) is 44.5 Å². The molecule has 2 aliphatic heterocycles. The second-order valence-electron chi connectivity index (χ2n) is 8.29. The lowest BCUT2D eigenvalue weighted by Gasteiger charge is -2.16. The number of allylic oxidation sites excluding steroid dienone is 1. The summed E-state index contributed by atoms with van der Waals surface area (Å²) in [6, 6.07) is 0. The number of benzene rings is 1. The van der Waals surface area contributed by atoms with Crippen LogP contribution in [0.1, 0.15) is 52.9 Å². The minimum atomic E-state index is 0.0128. The fraction of sp³-hybridized carbons (Fsp3) is 0.217. The minimum Gasteiger partial charge on any atom is -0.318 e. The number of hydrogen-bond acceptors (Lipinski definition) is 4. The molecule has 1 atom stereocenters. The van der Waals surface area contributed by atoms with Gasteiger partial charge >= 0.3 is 0 Å². The maximum Gasteiger partial charge on any atom is 0.171 e. The zero-order valence-electron chi connectivity index (χ0n) is 15.9. The molecular formula is C23H17N5O. The van der Waals surface area contributed by atoms with Crippen molar-refractivity contribution in [1.82, 2.24) is 9.13 Å². The van der Waals surface area contributed by atoms with Gasteiger partial charge in [0.2, 0.25) is 0 Å². The summed E-state index contributed by atoms with van der Waals surface area (Å²) in [5.74, 6) is 0.401. The number of hydrogen-bond donors (Lipinski definition) is 1. The topological polar surface area (TPSA) is 75.5 Å². The SMILES string of the molecule is CC1CC=Cc2c1n1c3c2c2c(c4c5c(n(c43)CN=C1)=CC(=N)CC5=O)=CN=C2. The number of rotatable bonds is 0. The molecule has 4 heterocycles. The highest BCUT2D eigenvalue weighted by molar-refractivity contribution is 6.29. The van der Waals surface area contributed by atoms with Gasteiger partial charge in [0.05, 0.1) is 34.7 Å². The molecule has 0 saturated carbocycles. The van der Waals surface area contributed by atoms with Gasteiger partial charge in [-0.15, -0.1) is 0 Å². The van der Waals surface area contributed by atoms with Gasteiger partial charge in [-0.3, -0.25) is 14.8 Å². The maximum absolute atomic E-state index is 13.0. The molecule has 6 heteroatoms. The van der Waals surface area contributed by atoms with Gasteiger partial charge in [0.1, 0.15) is 6.67 Å². The summed E-state index contributed by atoms with van der Waals surface area (Å²) in [6.07, 6.45) is 13.2. The molecule has 0 spiro atoms. The predicted molar refractivity (Wildman–Crippen MR) is 116 cm³/mol. The van der Waals surface area contributed by atoms with E-state index in [-0.39, 0.29) is 12.2 Å². The molecule has 1 unspecified atom stereocenters. The van der Waals surface area contributed by atoms with Crippen molar-refractivity contribution in [3.8, 4) is 0 Å². The molecule has 0 amide bonds. The average Bonchev–Trinajstić information content (AvgIpc) is 3.32. The summed E-state index contributed by atoms with van der Waals surface area (Å²) in [7, 11) is 0. The Morgan fingerprint density at radius 1 is 1.21 bits per heavy atom. The van der Waals surface area contributed by atoms with E-state index in [2.05, 4.69) is 33.2 Å². The Kier molecular flexibility index (Phi) is 2.60. The number of Topliss-reactive ketones (excluding diaryl/α,β-unsaturated/α-hetero) is 1. The maximum atomic E-state index is 13.0. The van der Waals surface area contributed by atoms with E-state index < -0.39 is 0 Å². The highest BCUT2D eigenvalue weighted by atomic mass is 16.1. The van der Waals surface area contributed by atoms with Crippen molar-refractivity contribution in [1.29, 1.82) is 5.41 Å². The van der Waals surface area contributed by atoms with Crippen LogP contribution in [0.2, 0.25) is 0 Å². The first-order valence-corrected chi connectivity index (χ1v) is 9.93. The van der Waals surface area contributed by atoms with E-state index in [4.69, 9.17) is 10.4 Å². The lowest BCUT2D eigenvalue weighted by Crippen LogP contribution is -2.28. The van der Waals surface area contributed by atoms with Crippen molar-refractivity contribution >= 4 is 64.2 Å². The lowest BCUT2D eigenvalue weighted by atomic mass is 9.91. The van der Waals surface area contributed by atoms with E-state index in [1.165, 1.54) is 16.6 Å². The van der Waals surface area contributed by atoms with Gasteiger partial charge in [0.25, 0.3) is 0 Å². The van der Waals surface area contributed by atoms with Gasteiger partial charge in [-0.25, -0.2) is 0 Å². The monoisotopic (exact) mass is 379 g/mol. The molecule has 7 rings (SSSR count). The van der Waals surface area contributed by atoms with Gasteiger partial charge in [-0.05, 0) is 12.5 Å². The molecule has 1 aromatic carbocycles. The number of ketones is 1. The van der Waals surface area contributed by atoms with Crippen molar-refractivity contribution in [3.63, 3.8) is 0 Å². The van der Waals surface area contributed by atoms with Crippen LogP contribution in [0.4, 0.5) is 0 Å². The van der Waals surface area contributed by atoms with Crippen molar-refractivity contribution in [2.45, 2.75) is 32.4 Å². The molecule has 1 N–H and O–H groups in total. The molecular weight excluding hydrogens is 362 g/mol. The first-order chi connectivity index (χ1) is 14.1. The Morgan fingerprint density at radius 3 is 3.00 bits per heavy atom. The minimum absolute atomic E-state index is 0.0128. The lowest BCUT2D eigenvalue weighted by molar-refractivity contribution is 0.1000. The van der Waals surface area contributed by atoms with Crippen LogP contribution in [-0.4, -0.2) is 33.2 Å². The van der Waals surface area contributed by atoms with Crippen LogP contribution in [0, 0.1) is 5.41 Å². The van der Waals surface area contributed by atoms with E-state index in [1.807, 2.05) is 24.8 Å². The molecule has 29 heavy (non-hydrogen) atoms. The fourth-order valence-corrected chi connectivity index (χ4v) is 5.55. The van der Waals surface area contributed by atoms with Crippen LogP contribution in [0.5, 0.6) is 0 Å². The Hall–Kier alpha value is -3.54. The van der Waals surface area contributed by atoms with Gasteiger partial charge in [-0.2, -0.15) is 0 Å². The smallest absolute Gasteiger partial charge is 0.171 e. The van der Waals surface area contributed by atoms with Crippen LogP contribution in [-0.2, 0) is 6.67 Å². The number of nitrogens with zero attached hydrogens (tertiary/aromatic N) is 4. The third kappa shape index (κ3) is 1.65. The molecule has 2 aliphatic carbocycles. The van der Waals surface area contributed by atoms with Crippen LogP contribution in [0.25, 0.3) is 40.2 Å². The van der Waals surface area contributed by atoms with Crippen LogP contribution >= 0.6 is 0 Å². The van der Waals surface area contributed by atoms with E-state index in [9.17, 15) is 4.79 Å². The molecule has 4 aliphatic rings. The molecule has 0 saturated heterocycles. The number of nitrogens with one attached hydrogen (secondary N) is 1. The number of carbonyl (C=O) groups excluding carboxylic acids is 1. The van der Waals surface area contributed by atoms with Crippen molar-refractivity contribution in [2.24, 2.45) is 9.98 Å². The number of aliphatic imine (C=N–C) groups is 2. The van der Waals surface area contributed by atoms with E-state index in [1.54, 1.807) is 0 Å². The van der Waals surface area contributed by atoms with Crippen molar-refractivity contribution < 1.29 is 4.79 Å². The second kappa shape index (κ2) is 4.89. The number of carbonyl (C=O) groups is 1. The van der Waals surface area contributed by atoms with E-state index >= 15 is 0 Å². The predicted octanol–water partition coefficient (Wildman–Crippen LogP) is 2.52. The van der Waals surface area contributed by atoms with Gasteiger partial charge in [-0.1, -0.05) is 19.1 Å². The molecule has 0 fully saturated rings. The molecule has 2 aromatic heterocycles. The zero-order valence-corrected chi connectivity index (χ0v) is 15.9. The molecule has 6 nitrogen and oxygen atoms in total. The summed E-state index contributed by atoms with van der Waals surface area (Å²) in [6.45, 7) is 2.70. The summed E-state index contributed by atoms with van der Waals surface area (Å²) in [5.41, 5.74) is 6.82. The Bertz CT molecular complexity index is 1570. The van der Waals surface area contributed by atoms with Crippen LogP contribution in [0.3, 0.4) is 0 Å². The number of fused-ring (bicyclic) bond motifs is 9. The average molecular weight is 379 g/mol. The molecule has 0 radical (unpaired) electrons. The first kappa shape index (κ1) is 15.4. The Morgan fingerprint density at radius 2 is 2.10 bits per heavy atom. The summed E-state index contributed by atoms with van der Waals surface area (Å²) >= 11 is 0. The highest BCUT2D eigenvalue weighted by Crippen LogP contribution is 2.41. The third-order valence-electron chi connectivity index (χ3n) is 6.65. The van der Waals surface area contributed by atoms with Gasteiger partial charge < -0.3 is 14.5 Å². The van der Waals surface area contributed by atoms with Crippen molar-refractivity contribution in [3.05, 3.63) is 39.0 Å². The first-order valence-electron chi connectivity index (χ1n) is 9.93. The van der Waals surface area contributed by atoms with Gasteiger partial charge in [0, 0.05) is 56.9 Å². The summed E-state index contributed by atoms with van der Waals surface area (Å²) in [5, 5.41) is 12.1. The highest BCUT2D eigenvalue weighted by Gasteiger charge is 2.32. The third-order valence-corrected chi connectivity index (χ3v) is 6.65. The molecule has 3 aromatic rings. The Balaban J connectivity index is 1.87. The fourth-order valence-electron chi connectivity index (χ4n) is 5.55. The quantitative estimate of drug-likeness (QED) is 0.640. The molecule has 140 valence electrons. The van der Waals surface area contributed by atoms with E-state index in [0.29, 0.717) is 18.3 Å². The number of aromatic nitrogens is 2.